The summed E-state index contributed by atoms with van der Waals surface area (Å²) >= 11 is 0. The van der Waals surface area contributed by atoms with E-state index in [1.54, 1.807) is 0 Å². The number of rotatable bonds is 4. The van der Waals surface area contributed by atoms with Crippen LogP contribution < -0.4 is 20.7 Å². The van der Waals surface area contributed by atoms with E-state index in [0.29, 0.717) is 0 Å². The number of nitrogens with zero attached hydrogens (tertiary/aromatic N) is 3. The molecule has 270 valence electrons. The van der Waals surface area contributed by atoms with Gasteiger partial charge >= 0.3 is 0 Å². The zero-order valence-corrected chi connectivity index (χ0v) is 32.5. The molecule has 0 spiro atoms. The van der Waals surface area contributed by atoms with Crippen molar-refractivity contribution in [3.63, 3.8) is 0 Å². The van der Waals surface area contributed by atoms with Crippen LogP contribution in [-0.4, -0.2) is 21.8 Å². The van der Waals surface area contributed by atoms with Gasteiger partial charge in [-0.15, -0.1) is 0 Å². The van der Waals surface area contributed by atoms with E-state index in [-0.39, 0.29) is 0 Å². The molecule has 0 aliphatic carbocycles. The lowest BCUT2D eigenvalue weighted by Crippen LogP contribution is -2.76. The zero-order chi connectivity index (χ0) is 38.0. The Hall–Kier alpha value is -7.40. The Kier molecular flexibility index (Phi) is 6.47. The third kappa shape index (κ3) is 4.06. The first-order valence-electron chi connectivity index (χ1n) is 20.1. The fourth-order valence-corrected chi connectivity index (χ4v) is 15.8. The van der Waals surface area contributed by atoms with E-state index in [2.05, 4.69) is 226 Å². The van der Waals surface area contributed by atoms with Crippen molar-refractivity contribution < 1.29 is 0 Å². The highest BCUT2D eigenvalue weighted by Gasteiger charge is 2.48. The fourth-order valence-electron chi connectivity index (χ4n) is 10.6. The largest absolute Gasteiger partial charge is 0.309 e. The van der Waals surface area contributed by atoms with Crippen LogP contribution in [0.15, 0.2) is 212 Å². The minimum Gasteiger partial charge on any atom is -0.309 e. The van der Waals surface area contributed by atoms with Gasteiger partial charge in [-0.3, -0.25) is 0 Å². The Balaban J connectivity index is 1.17. The van der Waals surface area contributed by atoms with Crippen molar-refractivity contribution >= 4 is 94.2 Å². The van der Waals surface area contributed by atoms with E-state index < -0.39 is 8.07 Å². The zero-order valence-electron chi connectivity index (χ0n) is 31.5. The Morgan fingerprint density at radius 3 is 1.31 bits per heavy atom. The maximum atomic E-state index is 2.56. The molecule has 0 saturated heterocycles. The van der Waals surface area contributed by atoms with Gasteiger partial charge in [-0.05, 0) is 81.4 Å². The van der Waals surface area contributed by atoms with Crippen molar-refractivity contribution in [1.82, 2.24) is 13.7 Å². The lowest BCUT2D eigenvalue weighted by atomic mass is 10.1. The van der Waals surface area contributed by atoms with Crippen molar-refractivity contribution in [3.8, 4) is 17.1 Å². The quantitative estimate of drug-likeness (QED) is 0.159. The molecule has 1 aliphatic rings. The average Bonchev–Trinajstić information content (AvgIpc) is 3.93. The predicted molar refractivity (Wildman–Crippen MR) is 247 cm³/mol. The highest BCUT2D eigenvalue weighted by molar-refractivity contribution is 7.21. The summed E-state index contributed by atoms with van der Waals surface area (Å²) in [6, 6.07) is 79.5. The third-order valence-electron chi connectivity index (χ3n) is 12.9. The molecular weight excluding hydrogens is 719 g/mol. The molecule has 1 aliphatic heterocycles. The standard InChI is InChI=1S/C54H35N3Si/c1-3-17-38(18-4-1)58(39-19-5-2-6-20-39)52-30-16-15-29-51(52)57-49-28-14-10-24-43(49)45-34-37(35-53(58)54(45)57)56-48-27-13-9-23-42(48)44-33-36(31-32-50(44)56)55-46-25-11-7-21-40(46)41-22-8-12-26-47(41)55/h1-35H. The first-order chi connectivity index (χ1) is 28.8. The SMILES string of the molecule is c1ccc([Si]2(c3ccccc3)c3ccccc3-n3c4ccccc4c4cc(-n5c6ccccc6c6cc(-n7c8ccccc8c8ccccc87)ccc65)cc2c43)cc1. The van der Waals surface area contributed by atoms with Crippen LogP contribution >= 0.6 is 0 Å². The van der Waals surface area contributed by atoms with E-state index in [9.17, 15) is 0 Å². The van der Waals surface area contributed by atoms with Gasteiger partial charge in [0.1, 0.15) is 0 Å². The minimum absolute atomic E-state index is 1.16. The van der Waals surface area contributed by atoms with Gasteiger partial charge in [0, 0.05) is 49.4 Å². The average molecular weight is 754 g/mol. The third-order valence-corrected chi connectivity index (χ3v) is 17.7. The summed E-state index contributed by atoms with van der Waals surface area (Å²) in [4.78, 5) is 0. The molecule has 4 heterocycles. The minimum atomic E-state index is -2.88. The summed E-state index contributed by atoms with van der Waals surface area (Å²) in [7, 11) is -2.88. The van der Waals surface area contributed by atoms with E-state index in [1.165, 1.54) is 97.5 Å². The molecule has 3 nitrogen and oxygen atoms in total. The summed E-state index contributed by atoms with van der Waals surface area (Å²) < 4.78 is 7.51. The van der Waals surface area contributed by atoms with Crippen LogP contribution in [0.2, 0.25) is 0 Å². The molecule has 58 heavy (non-hydrogen) atoms. The second-order valence-electron chi connectivity index (χ2n) is 15.7. The number of hydrogen-bond donors (Lipinski definition) is 0. The number of hydrogen-bond acceptors (Lipinski definition) is 0. The van der Waals surface area contributed by atoms with Gasteiger partial charge in [0.25, 0.3) is 0 Å². The molecule has 3 aromatic heterocycles. The van der Waals surface area contributed by atoms with Crippen molar-refractivity contribution in [2.24, 2.45) is 0 Å². The summed E-state index contributed by atoms with van der Waals surface area (Å²) in [5, 5.41) is 13.2. The second kappa shape index (κ2) is 11.8. The normalized spacial score (nSPS) is 13.3. The summed E-state index contributed by atoms with van der Waals surface area (Å²) in [6.07, 6.45) is 0. The van der Waals surface area contributed by atoms with Crippen molar-refractivity contribution in [1.29, 1.82) is 0 Å². The Morgan fingerprint density at radius 2 is 0.707 bits per heavy atom. The molecule has 4 heteroatoms. The molecule has 0 amide bonds. The van der Waals surface area contributed by atoms with Crippen LogP contribution in [-0.2, 0) is 0 Å². The van der Waals surface area contributed by atoms with E-state index in [1.807, 2.05) is 0 Å². The van der Waals surface area contributed by atoms with Crippen LogP contribution in [0.1, 0.15) is 0 Å². The molecule has 0 fully saturated rings. The molecule has 0 radical (unpaired) electrons. The lowest BCUT2D eigenvalue weighted by molar-refractivity contribution is 1.16. The van der Waals surface area contributed by atoms with Crippen molar-refractivity contribution in [2.45, 2.75) is 0 Å². The summed E-state index contributed by atoms with van der Waals surface area (Å²) in [5.74, 6) is 0. The number of benzene rings is 9. The van der Waals surface area contributed by atoms with Crippen LogP contribution in [0.5, 0.6) is 0 Å². The second-order valence-corrected chi connectivity index (χ2v) is 19.4. The highest BCUT2D eigenvalue weighted by Crippen LogP contribution is 2.40. The first-order valence-corrected chi connectivity index (χ1v) is 22.1. The van der Waals surface area contributed by atoms with Crippen LogP contribution in [0.3, 0.4) is 0 Å². The molecule has 0 bridgehead atoms. The van der Waals surface area contributed by atoms with Gasteiger partial charge in [-0.2, -0.15) is 0 Å². The smallest absolute Gasteiger partial charge is 0.184 e. The van der Waals surface area contributed by atoms with Gasteiger partial charge in [0.2, 0.25) is 0 Å². The molecular formula is C54H35N3Si. The number of fused-ring (bicyclic) bond motifs is 11. The Labute approximate surface area is 335 Å². The van der Waals surface area contributed by atoms with E-state index in [0.717, 1.165) is 5.69 Å². The monoisotopic (exact) mass is 753 g/mol. The Morgan fingerprint density at radius 1 is 0.276 bits per heavy atom. The molecule has 13 rings (SSSR count). The number of aromatic nitrogens is 3. The number of para-hydroxylation sites is 5. The highest BCUT2D eigenvalue weighted by atomic mass is 28.3. The van der Waals surface area contributed by atoms with Crippen LogP contribution in [0.4, 0.5) is 0 Å². The molecule has 0 N–H and O–H groups in total. The van der Waals surface area contributed by atoms with Gasteiger partial charge in [0.15, 0.2) is 8.07 Å². The van der Waals surface area contributed by atoms with Crippen LogP contribution in [0, 0.1) is 0 Å². The van der Waals surface area contributed by atoms with Crippen LogP contribution in [0.25, 0.3) is 82.5 Å². The molecule has 9 aromatic carbocycles. The molecule has 0 saturated carbocycles. The molecule has 0 atom stereocenters. The predicted octanol–water partition coefficient (Wildman–Crippen LogP) is 10.7. The Bertz CT molecular complexity index is 3530. The topological polar surface area (TPSA) is 14.8 Å². The van der Waals surface area contributed by atoms with Gasteiger partial charge in [-0.25, -0.2) is 0 Å². The van der Waals surface area contributed by atoms with Crippen molar-refractivity contribution in [3.05, 3.63) is 212 Å². The van der Waals surface area contributed by atoms with E-state index in [4.69, 9.17) is 0 Å². The molecule has 0 unspecified atom stereocenters. The van der Waals surface area contributed by atoms with Crippen molar-refractivity contribution in [2.75, 3.05) is 0 Å². The molecule has 12 aromatic rings. The summed E-state index contributed by atoms with van der Waals surface area (Å²) in [6.45, 7) is 0. The van der Waals surface area contributed by atoms with Gasteiger partial charge in [-0.1, -0.05) is 152 Å². The lowest BCUT2D eigenvalue weighted by Gasteiger charge is -2.40. The first kappa shape index (κ1) is 31.8. The van der Waals surface area contributed by atoms with Gasteiger partial charge < -0.3 is 13.7 Å². The fraction of sp³-hybridized carbons (Fsp3) is 0. The maximum Gasteiger partial charge on any atom is 0.184 e. The summed E-state index contributed by atoms with van der Waals surface area (Å²) in [5.41, 5.74) is 11.0. The maximum absolute atomic E-state index is 2.88. The van der Waals surface area contributed by atoms with Gasteiger partial charge in [0.05, 0.1) is 33.1 Å². The van der Waals surface area contributed by atoms with E-state index >= 15 is 0 Å².